The van der Waals surface area contributed by atoms with Crippen molar-refractivity contribution < 1.29 is 14.4 Å². The maximum absolute atomic E-state index is 11.7. The van der Waals surface area contributed by atoms with Crippen LogP contribution in [-0.4, -0.2) is 24.1 Å². The van der Waals surface area contributed by atoms with Crippen molar-refractivity contribution in [3.8, 4) is 22.8 Å². The molecule has 0 aliphatic rings. The number of aromatic nitrogens is 1. The molecule has 25 heavy (non-hydrogen) atoms. The van der Waals surface area contributed by atoms with E-state index in [1.807, 2.05) is 38.1 Å². The molecule has 2 aromatic carbocycles. The number of methoxy groups -OCH3 is 2. The third-order valence-corrected chi connectivity index (χ3v) is 4.17. The van der Waals surface area contributed by atoms with Gasteiger partial charge in [-0.15, -0.1) is 0 Å². The Morgan fingerprint density at radius 2 is 1.72 bits per heavy atom. The van der Waals surface area contributed by atoms with Gasteiger partial charge in [0.25, 0.3) is 5.69 Å². The molecule has 0 bridgehead atoms. The van der Waals surface area contributed by atoms with Crippen molar-refractivity contribution in [2.24, 2.45) is 0 Å². The summed E-state index contributed by atoms with van der Waals surface area (Å²) in [6, 6.07) is 10.8. The Morgan fingerprint density at radius 1 is 1.04 bits per heavy atom. The minimum Gasteiger partial charge on any atom is -0.494 e. The van der Waals surface area contributed by atoms with Crippen LogP contribution in [0.4, 0.5) is 5.69 Å². The first-order valence-electron chi connectivity index (χ1n) is 7.74. The number of nitrogens with zero attached hydrogens (tertiary/aromatic N) is 2. The van der Waals surface area contributed by atoms with Crippen LogP contribution in [0.3, 0.4) is 0 Å². The van der Waals surface area contributed by atoms with Gasteiger partial charge in [0.05, 0.1) is 30.8 Å². The number of aryl methyl sites for hydroxylation is 2. The molecule has 6 heteroatoms. The highest BCUT2D eigenvalue weighted by atomic mass is 16.6. The quantitative estimate of drug-likeness (QED) is 0.519. The lowest BCUT2D eigenvalue weighted by molar-refractivity contribution is -0.384. The summed E-state index contributed by atoms with van der Waals surface area (Å²) in [6.07, 6.45) is 0. The van der Waals surface area contributed by atoms with E-state index < -0.39 is 0 Å². The van der Waals surface area contributed by atoms with E-state index in [9.17, 15) is 10.1 Å². The molecule has 0 fully saturated rings. The molecule has 3 aromatic rings. The molecule has 0 N–H and O–H groups in total. The monoisotopic (exact) mass is 338 g/mol. The number of benzene rings is 2. The van der Waals surface area contributed by atoms with Gasteiger partial charge in [-0.05, 0) is 25.0 Å². The van der Waals surface area contributed by atoms with E-state index in [-0.39, 0.29) is 10.6 Å². The lowest BCUT2D eigenvalue weighted by atomic mass is 9.94. The van der Waals surface area contributed by atoms with Crippen molar-refractivity contribution in [3.63, 3.8) is 0 Å². The predicted octanol–water partition coefficient (Wildman–Crippen LogP) is 4.44. The molecule has 0 saturated carbocycles. The first-order valence-corrected chi connectivity index (χ1v) is 7.74. The summed E-state index contributed by atoms with van der Waals surface area (Å²) < 4.78 is 10.6. The summed E-state index contributed by atoms with van der Waals surface area (Å²) in [5.41, 5.74) is 3.75. The molecule has 1 aromatic heterocycles. The Hall–Kier alpha value is -3.15. The number of hydrogen-bond donors (Lipinski definition) is 0. The standard InChI is InChI=1S/C19H18N2O4/c1-11-5-7-13(8-6-11)18-14(21(22)23)10-15(24-3)19-17(18)12(2)9-16(20-19)25-4/h5-10H,1-4H3. The van der Waals surface area contributed by atoms with Gasteiger partial charge >= 0.3 is 0 Å². The molecule has 0 amide bonds. The number of nitro benzene ring substituents is 1. The molecule has 128 valence electrons. The Kier molecular flexibility index (Phi) is 4.27. The molecular weight excluding hydrogens is 320 g/mol. The van der Waals surface area contributed by atoms with Crippen molar-refractivity contribution in [2.45, 2.75) is 13.8 Å². The normalized spacial score (nSPS) is 10.7. The molecule has 0 spiro atoms. The van der Waals surface area contributed by atoms with Crippen LogP contribution in [0.5, 0.6) is 11.6 Å². The van der Waals surface area contributed by atoms with E-state index in [0.717, 1.165) is 16.7 Å². The fourth-order valence-electron chi connectivity index (χ4n) is 2.95. The smallest absolute Gasteiger partial charge is 0.281 e. The Morgan fingerprint density at radius 3 is 2.28 bits per heavy atom. The summed E-state index contributed by atoms with van der Waals surface area (Å²) in [7, 11) is 3.01. The molecule has 0 radical (unpaired) electrons. The SMILES string of the molecule is COc1cc(C)c2c(-c3ccc(C)cc3)c([N+](=O)[O-])cc(OC)c2n1. The number of fused-ring (bicyclic) bond motifs is 1. The zero-order valence-corrected chi connectivity index (χ0v) is 14.5. The van der Waals surface area contributed by atoms with E-state index in [4.69, 9.17) is 9.47 Å². The van der Waals surface area contributed by atoms with Crippen LogP contribution >= 0.6 is 0 Å². The summed E-state index contributed by atoms with van der Waals surface area (Å²) in [5.74, 6) is 0.784. The lowest BCUT2D eigenvalue weighted by Crippen LogP contribution is -2.00. The third-order valence-electron chi connectivity index (χ3n) is 4.17. The highest BCUT2D eigenvalue weighted by Crippen LogP contribution is 2.43. The Labute approximate surface area is 145 Å². The number of nitro groups is 1. The summed E-state index contributed by atoms with van der Waals surface area (Å²) in [6.45, 7) is 3.86. The maximum atomic E-state index is 11.7. The van der Waals surface area contributed by atoms with Gasteiger partial charge in [0.1, 0.15) is 5.52 Å². The molecule has 3 rings (SSSR count). The van der Waals surface area contributed by atoms with Gasteiger partial charge in [0.2, 0.25) is 5.88 Å². The number of pyridine rings is 1. The first-order chi connectivity index (χ1) is 12.0. The van der Waals surface area contributed by atoms with Crippen LogP contribution in [-0.2, 0) is 0 Å². The predicted molar refractivity (Wildman–Crippen MR) is 96.4 cm³/mol. The molecule has 0 atom stereocenters. The lowest BCUT2D eigenvalue weighted by Gasteiger charge is -2.14. The molecule has 6 nitrogen and oxygen atoms in total. The van der Waals surface area contributed by atoms with Crippen LogP contribution in [0.15, 0.2) is 36.4 Å². The summed E-state index contributed by atoms with van der Waals surface area (Å²) in [5, 5.41) is 12.4. The highest BCUT2D eigenvalue weighted by Gasteiger charge is 2.24. The van der Waals surface area contributed by atoms with Gasteiger partial charge in [0.15, 0.2) is 5.75 Å². The van der Waals surface area contributed by atoms with E-state index >= 15 is 0 Å². The minimum atomic E-state index is -0.388. The van der Waals surface area contributed by atoms with Crippen LogP contribution in [0.25, 0.3) is 22.0 Å². The average Bonchev–Trinajstić information content (AvgIpc) is 2.60. The third kappa shape index (κ3) is 2.87. The van der Waals surface area contributed by atoms with Gasteiger partial charge in [0, 0.05) is 11.5 Å². The number of hydrogen-bond acceptors (Lipinski definition) is 5. The van der Waals surface area contributed by atoms with Crippen molar-refractivity contribution >= 4 is 16.6 Å². The van der Waals surface area contributed by atoms with Gasteiger partial charge in [-0.1, -0.05) is 29.8 Å². The molecule has 1 heterocycles. The molecule has 0 saturated heterocycles. The number of ether oxygens (including phenoxy) is 2. The van der Waals surface area contributed by atoms with Gasteiger partial charge in [-0.25, -0.2) is 4.98 Å². The van der Waals surface area contributed by atoms with Gasteiger partial charge in [-0.2, -0.15) is 0 Å². The second-order valence-electron chi connectivity index (χ2n) is 5.80. The first kappa shape index (κ1) is 16.7. The van der Waals surface area contributed by atoms with Crippen LogP contribution < -0.4 is 9.47 Å². The van der Waals surface area contributed by atoms with Crippen molar-refractivity contribution in [2.75, 3.05) is 14.2 Å². The van der Waals surface area contributed by atoms with Crippen molar-refractivity contribution in [1.29, 1.82) is 0 Å². The second kappa shape index (κ2) is 6.39. The largest absolute Gasteiger partial charge is 0.494 e. The highest BCUT2D eigenvalue weighted by molar-refractivity contribution is 6.04. The van der Waals surface area contributed by atoms with Crippen LogP contribution in [0.2, 0.25) is 0 Å². The van der Waals surface area contributed by atoms with E-state index in [1.165, 1.54) is 20.3 Å². The molecule has 0 aliphatic heterocycles. The summed E-state index contributed by atoms with van der Waals surface area (Å²) in [4.78, 5) is 15.8. The maximum Gasteiger partial charge on any atom is 0.281 e. The van der Waals surface area contributed by atoms with Gasteiger partial charge in [-0.3, -0.25) is 10.1 Å². The van der Waals surface area contributed by atoms with Crippen molar-refractivity contribution in [1.82, 2.24) is 4.98 Å². The average molecular weight is 338 g/mol. The fourth-order valence-corrected chi connectivity index (χ4v) is 2.95. The van der Waals surface area contributed by atoms with E-state index in [2.05, 4.69) is 4.98 Å². The van der Waals surface area contributed by atoms with Gasteiger partial charge < -0.3 is 9.47 Å². The van der Waals surface area contributed by atoms with E-state index in [0.29, 0.717) is 28.1 Å². The fraction of sp³-hybridized carbons (Fsp3) is 0.211. The Bertz CT molecular complexity index is 966. The molecule has 0 aliphatic carbocycles. The van der Waals surface area contributed by atoms with E-state index in [1.54, 1.807) is 6.07 Å². The Balaban J connectivity index is 2.49. The summed E-state index contributed by atoms with van der Waals surface area (Å²) >= 11 is 0. The van der Waals surface area contributed by atoms with Crippen LogP contribution in [0.1, 0.15) is 11.1 Å². The minimum absolute atomic E-state index is 0.0109. The van der Waals surface area contributed by atoms with Crippen LogP contribution in [0, 0.1) is 24.0 Å². The second-order valence-corrected chi connectivity index (χ2v) is 5.80. The van der Waals surface area contributed by atoms with Crippen molar-refractivity contribution in [3.05, 3.63) is 57.6 Å². The zero-order valence-electron chi connectivity index (χ0n) is 14.5. The zero-order chi connectivity index (χ0) is 18.1. The molecular formula is C19H18N2O4. The molecule has 0 unspecified atom stereocenters. The topological polar surface area (TPSA) is 74.5 Å². The number of rotatable bonds is 4.